The third-order valence-corrected chi connectivity index (χ3v) is 9.36. The van der Waals surface area contributed by atoms with Crippen molar-refractivity contribution in [3.8, 4) is 11.4 Å². The first-order chi connectivity index (χ1) is 23.4. The van der Waals surface area contributed by atoms with Crippen molar-refractivity contribution in [1.82, 2.24) is 29.3 Å². The van der Waals surface area contributed by atoms with Crippen LogP contribution in [0.4, 0.5) is 11.4 Å². The molecule has 2 aromatic heterocycles. The fourth-order valence-corrected chi connectivity index (χ4v) is 6.37. The molecule has 3 aromatic carbocycles. The second-order valence-electron chi connectivity index (χ2n) is 12.4. The number of anilines is 2. The lowest BCUT2D eigenvalue weighted by Gasteiger charge is -2.37. The average molecular weight is 651 g/mol. The molecule has 0 spiro atoms. The lowest BCUT2D eigenvalue weighted by atomic mass is 10.1. The summed E-state index contributed by atoms with van der Waals surface area (Å²) in [6.07, 6.45) is 5.30. The number of hydrogen-bond acceptors (Lipinski definition) is 9. The number of nitrogens with zero attached hydrogens (tertiary/aromatic N) is 8. The fraction of sp³-hybridized carbons (Fsp3) is 0.389. The molecule has 5 aromatic rings. The van der Waals surface area contributed by atoms with Crippen LogP contribution in [-0.4, -0.2) is 74.3 Å². The predicted molar refractivity (Wildman–Crippen MR) is 183 cm³/mol. The molecule has 7 rings (SSSR count). The Labute approximate surface area is 280 Å². The zero-order valence-corrected chi connectivity index (χ0v) is 27.6. The van der Waals surface area contributed by atoms with E-state index < -0.39 is 5.79 Å². The first kappa shape index (κ1) is 31.6. The highest BCUT2D eigenvalue weighted by molar-refractivity contribution is 5.54. The molecule has 0 N–H and O–H groups in total. The van der Waals surface area contributed by atoms with Crippen molar-refractivity contribution in [3.63, 3.8) is 0 Å². The Bertz CT molecular complexity index is 1820. The van der Waals surface area contributed by atoms with Crippen LogP contribution in [0.1, 0.15) is 38.8 Å². The summed E-state index contributed by atoms with van der Waals surface area (Å²) in [6, 6.07) is 26.4. The molecule has 12 nitrogen and oxygen atoms in total. The van der Waals surface area contributed by atoms with Crippen LogP contribution in [0.25, 0.3) is 5.69 Å². The van der Waals surface area contributed by atoms with Crippen LogP contribution < -0.4 is 20.2 Å². The number of aromatic nitrogens is 6. The maximum atomic E-state index is 12.8. The van der Waals surface area contributed by atoms with Crippen LogP contribution in [0.5, 0.6) is 5.75 Å². The highest BCUT2D eigenvalue weighted by Gasteiger charge is 2.48. The first-order valence-corrected chi connectivity index (χ1v) is 16.7. The van der Waals surface area contributed by atoms with Crippen LogP contribution >= 0.6 is 0 Å². The smallest absolute Gasteiger partial charge is 0.350 e. The van der Waals surface area contributed by atoms with Crippen molar-refractivity contribution in [2.24, 2.45) is 0 Å². The van der Waals surface area contributed by atoms with Gasteiger partial charge in [-0.25, -0.2) is 14.0 Å². The first-order valence-electron chi connectivity index (χ1n) is 16.7. The zero-order valence-electron chi connectivity index (χ0n) is 27.6. The van der Waals surface area contributed by atoms with Gasteiger partial charge in [-0.15, -0.1) is 0 Å². The van der Waals surface area contributed by atoms with E-state index in [0.717, 1.165) is 55.3 Å². The van der Waals surface area contributed by atoms with Crippen molar-refractivity contribution in [2.45, 2.75) is 57.8 Å². The molecular weight excluding hydrogens is 608 g/mol. The summed E-state index contributed by atoms with van der Waals surface area (Å²) < 4.78 is 22.4. The summed E-state index contributed by atoms with van der Waals surface area (Å²) >= 11 is 0. The van der Waals surface area contributed by atoms with Crippen molar-refractivity contribution in [1.29, 1.82) is 0 Å². The Hall–Kier alpha value is -4.94. The van der Waals surface area contributed by atoms with Crippen molar-refractivity contribution >= 4 is 11.4 Å². The van der Waals surface area contributed by atoms with Gasteiger partial charge in [-0.2, -0.15) is 20.1 Å². The van der Waals surface area contributed by atoms with Crippen LogP contribution in [0.3, 0.4) is 0 Å². The summed E-state index contributed by atoms with van der Waals surface area (Å²) in [7, 11) is 0. The molecule has 250 valence electrons. The second kappa shape index (κ2) is 13.7. The molecule has 4 atom stereocenters. The number of ether oxygens (including phenoxy) is 3. The Morgan fingerprint density at radius 3 is 2.06 bits per heavy atom. The second-order valence-corrected chi connectivity index (χ2v) is 12.4. The normalized spacial score (nSPS) is 21.8. The maximum Gasteiger partial charge on any atom is 0.350 e. The number of piperazine rings is 1. The van der Waals surface area contributed by atoms with E-state index in [-0.39, 0.29) is 23.9 Å². The number of rotatable bonds is 11. The Kier molecular flexibility index (Phi) is 9.00. The van der Waals surface area contributed by atoms with E-state index in [1.54, 1.807) is 32.8 Å². The van der Waals surface area contributed by atoms with Crippen molar-refractivity contribution in [2.75, 3.05) is 42.6 Å². The molecule has 2 aliphatic rings. The minimum absolute atomic E-state index is 0.0710. The Morgan fingerprint density at radius 1 is 0.833 bits per heavy atom. The molecule has 48 heavy (non-hydrogen) atoms. The third-order valence-electron chi connectivity index (χ3n) is 9.36. The van der Waals surface area contributed by atoms with Gasteiger partial charge >= 0.3 is 5.69 Å². The average Bonchev–Trinajstić information content (AvgIpc) is 3.87. The van der Waals surface area contributed by atoms with E-state index in [0.29, 0.717) is 13.2 Å². The van der Waals surface area contributed by atoms with Crippen LogP contribution in [0, 0.1) is 0 Å². The van der Waals surface area contributed by atoms with Gasteiger partial charge in [-0.1, -0.05) is 37.3 Å². The molecule has 0 bridgehead atoms. The van der Waals surface area contributed by atoms with Crippen molar-refractivity contribution in [3.05, 3.63) is 114 Å². The minimum Gasteiger partial charge on any atom is -0.491 e. The number of benzene rings is 3. The molecule has 12 heteroatoms. The van der Waals surface area contributed by atoms with Crippen LogP contribution in [-0.2, 0) is 21.8 Å². The van der Waals surface area contributed by atoms with Gasteiger partial charge in [-0.05, 0) is 68.8 Å². The summed E-state index contributed by atoms with van der Waals surface area (Å²) in [6.45, 7) is 10.4. The van der Waals surface area contributed by atoms with Gasteiger partial charge in [0.25, 0.3) is 0 Å². The van der Waals surface area contributed by atoms with Gasteiger partial charge in [0.05, 0.1) is 30.2 Å². The fourth-order valence-electron chi connectivity index (χ4n) is 6.37. The highest BCUT2D eigenvalue weighted by atomic mass is 16.8. The minimum atomic E-state index is -1.00. The molecule has 0 amide bonds. The molecule has 2 saturated heterocycles. The van der Waals surface area contributed by atoms with Gasteiger partial charge < -0.3 is 24.0 Å². The van der Waals surface area contributed by atoms with Crippen LogP contribution in [0.15, 0.2) is 102 Å². The standard InChI is InChI=1S/C36H42N8O4/c1-4-27(2)44-35(45)42(26-39-44)32-12-10-30(11-13-32)40-20-22-41(23-21-40)31-14-16-33(17-15-31)46-24-34-28(3)47-36(48-34,25-43-37-18-19-38-43)29-8-6-5-7-9-29/h5-19,26-28,34H,4,20-25H2,1-3H3/t27?,28?,34-,36-/m1/s1. The Morgan fingerprint density at radius 2 is 1.44 bits per heavy atom. The van der Waals surface area contributed by atoms with Gasteiger partial charge in [0.1, 0.15) is 31.3 Å². The molecule has 2 unspecified atom stereocenters. The molecule has 2 fully saturated rings. The van der Waals surface area contributed by atoms with E-state index in [2.05, 4.69) is 56.3 Å². The van der Waals surface area contributed by atoms with Gasteiger partial charge in [0.2, 0.25) is 5.79 Å². The van der Waals surface area contributed by atoms with E-state index in [4.69, 9.17) is 14.2 Å². The summed E-state index contributed by atoms with van der Waals surface area (Å²) in [5, 5.41) is 12.9. The van der Waals surface area contributed by atoms with E-state index in [1.807, 2.05) is 68.4 Å². The molecule has 0 radical (unpaired) electrons. The summed E-state index contributed by atoms with van der Waals surface area (Å²) in [4.78, 5) is 19.2. The summed E-state index contributed by atoms with van der Waals surface area (Å²) in [5.41, 5.74) is 3.94. The Balaban J connectivity index is 0.928. The topological polar surface area (TPSA) is 105 Å². The lowest BCUT2D eigenvalue weighted by molar-refractivity contribution is -0.198. The summed E-state index contributed by atoms with van der Waals surface area (Å²) in [5.74, 6) is -0.216. The SMILES string of the molecule is CCC(C)n1ncn(-c2ccc(N3CCN(c4ccc(OC[C@H]5O[C@](Cn6nccn6)(c6ccccc6)OC5C)cc4)CC3)cc2)c1=O. The van der Waals surface area contributed by atoms with E-state index in [1.165, 1.54) is 5.69 Å². The van der Waals surface area contributed by atoms with Crippen molar-refractivity contribution < 1.29 is 14.2 Å². The predicted octanol–water partition coefficient (Wildman–Crippen LogP) is 4.66. The van der Waals surface area contributed by atoms with Gasteiger partial charge in [-0.3, -0.25) is 0 Å². The van der Waals surface area contributed by atoms with E-state index in [9.17, 15) is 4.79 Å². The molecule has 2 aliphatic heterocycles. The highest BCUT2D eigenvalue weighted by Crippen LogP contribution is 2.39. The number of hydrogen-bond donors (Lipinski definition) is 0. The van der Waals surface area contributed by atoms with E-state index >= 15 is 0 Å². The third kappa shape index (κ3) is 6.45. The maximum absolute atomic E-state index is 12.8. The molecule has 0 saturated carbocycles. The monoisotopic (exact) mass is 650 g/mol. The van der Waals surface area contributed by atoms with Gasteiger partial charge in [0.15, 0.2) is 0 Å². The zero-order chi connectivity index (χ0) is 33.1. The van der Waals surface area contributed by atoms with Crippen LogP contribution in [0.2, 0.25) is 0 Å². The largest absolute Gasteiger partial charge is 0.491 e. The lowest BCUT2D eigenvalue weighted by Crippen LogP contribution is -2.46. The quantitative estimate of drug-likeness (QED) is 0.202. The molecular formula is C36H42N8O4. The molecule has 0 aliphatic carbocycles. The van der Waals surface area contributed by atoms with Gasteiger partial charge in [0, 0.05) is 43.1 Å². The molecule has 4 heterocycles.